The molecule has 2 aromatic heterocycles. The van der Waals surface area contributed by atoms with E-state index >= 15 is 0 Å². The van der Waals surface area contributed by atoms with Crippen molar-refractivity contribution in [3.63, 3.8) is 0 Å². The highest BCUT2D eigenvalue weighted by Gasteiger charge is 2.25. The second-order valence-electron chi connectivity index (χ2n) is 6.91. The number of hydrogen-bond acceptors (Lipinski definition) is 3. The lowest BCUT2D eigenvalue weighted by Gasteiger charge is -2.17. The predicted octanol–water partition coefficient (Wildman–Crippen LogP) is 5.45. The summed E-state index contributed by atoms with van der Waals surface area (Å²) in [4.78, 5) is 12.9. The molecule has 136 valence electrons. The predicted molar refractivity (Wildman–Crippen MR) is 108 cm³/mol. The van der Waals surface area contributed by atoms with Crippen molar-refractivity contribution in [2.45, 2.75) is 26.7 Å². The molecule has 0 unspecified atom stereocenters. The molecule has 4 heteroatoms. The summed E-state index contributed by atoms with van der Waals surface area (Å²) in [6, 6.07) is 18.5. The molecular weight excluding hydrogens is 336 g/mol. The van der Waals surface area contributed by atoms with Gasteiger partial charge in [-0.25, -0.2) is 9.31 Å². The Morgan fingerprint density at radius 3 is 2.59 bits per heavy atom. The number of esters is 1. The fraction of sp³-hybridized carbons (Fsp3) is 0.217. The Hall–Kier alpha value is -3.14. The van der Waals surface area contributed by atoms with Crippen LogP contribution in [0.25, 0.3) is 27.4 Å². The zero-order valence-electron chi connectivity index (χ0n) is 15.8. The van der Waals surface area contributed by atoms with Gasteiger partial charge in [-0.15, -0.1) is 0 Å². The Kier molecular flexibility index (Phi) is 4.40. The van der Waals surface area contributed by atoms with Crippen molar-refractivity contribution in [2.24, 2.45) is 0 Å². The summed E-state index contributed by atoms with van der Waals surface area (Å²) in [6.45, 7) is 6.25. The van der Waals surface area contributed by atoms with Crippen LogP contribution in [0, 0.1) is 0 Å². The van der Waals surface area contributed by atoms with Crippen LogP contribution in [0.2, 0.25) is 0 Å². The number of aromatic nitrogens is 2. The van der Waals surface area contributed by atoms with Gasteiger partial charge in [-0.3, -0.25) is 0 Å². The molecule has 4 nitrogen and oxygen atoms in total. The maximum absolute atomic E-state index is 12.9. The molecule has 0 saturated heterocycles. The second-order valence-corrected chi connectivity index (χ2v) is 6.91. The van der Waals surface area contributed by atoms with Crippen LogP contribution in [0.1, 0.15) is 42.7 Å². The molecule has 0 aliphatic rings. The van der Waals surface area contributed by atoms with E-state index < -0.39 is 0 Å². The van der Waals surface area contributed by atoms with Crippen LogP contribution in [-0.4, -0.2) is 22.2 Å². The Morgan fingerprint density at radius 2 is 1.85 bits per heavy atom. The molecule has 0 saturated carbocycles. The molecular formula is C23H22N2O2. The van der Waals surface area contributed by atoms with Crippen molar-refractivity contribution >= 4 is 22.3 Å². The van der Waals surface area contributed by atoms with E-state index in [1.807, 2.05) is 55.7 Å². The molecule has 0 radical (unpaired) electrons. The highest BCUT2D eigenvalue weighted by atomic mass is 16.5. The molecule has 27 heavy (non-hydrogen) atoms. The third-order valence-electron chi connectivity index (χ3n) is 4.77. The Bertz CT molecular complexity index is 1140. The third kappa shape index (κ3) is 2.97. The van der Waals surface area contributed by atoms with E-state index in [1.165, 1.54) is 5.39 Å². The van der Waals surface area contributed by atoms with Gasteiger partial charge in [-0.05, 0) is 47.4 Å². The van der Waals surface area contributed by atoms with E-state index in [1.54, 1.807) is 0 Å². The van der Waals surface area contributed by atoms with Crippen LogP contribution < -0.4 is 0 Å². The summed E-state index contributed by atoms with van der Waals surface area (Å²) >= 11 is 0. The van der Waals surface area contributed by atoms with Crippen molar-refractivity contribution < 1.29 is 9.53 Å². The van der Waals surface area contributed by atoms with E-state index in [9.17, 15) is 4.79 Å². The number of nitrogens with zero attached hydrogens (tertiary/aromatic N) is 2. The summed E-state index contributed by atoms with van der Waals surface area (Å²) in [5.74, 6) is -0.226. The first kappa shape index (κ1) is 17.3. The summed E-state index contributed by atoms with van der Waals surface area (Å²) in [5, 5.41) is 7.01. The first-order valence-corrected chi connectivity index (χ1v) is 9.27. The Morgan fingerprint density at radius 1 is 1.07 bits per heavy atom. The Balaban J connectivity index is 2.08. The smallest absolute Gasteiger partial charge is 0.340 e. The van der Waals surface area contributed by atoms with Gasteiger partial charge < -0.3 is 4.74 Å². The summed E-state index contributed by atoms with van der Waals surface area (Å²) in [6.07, 6.45) is 1.92. The third-order valence-corrected chi connectivity index (χ3v) is 4.77. The molecule has 0 bridgehead atoms. The summed E-state index contributed by atoms with van der Waals surface area (Å²) < 4.78 is 7.26. The zero-order chi connectivity index (χ0) is 19.0. The van der Waals surface area contributed by atoms with Crippen molar-refractivity contribution in [1.29, 1.82) is 0 Å². The van der Waals surface area contributed by atoms with Crippen molar-refractivity contribution in [3.05, 3.63) is 72.1 Å². The molecule has 0 amide bonds. The highest BCUT2D eigenvalue weighted by Crippen LogP contribution is 2.35. The molecule has 4 rings (SSSR count). The maximum atomic E-state index is 12.9. The number of carbonyl (C=O) groups excluding carboxylic acids is 1. The lowest BCUT2D eigenvalue weighted by atomic mass is 9.93. The van der Waals surface area contributed by atoms with Crippen LogP contribution in [0.15, 0.2) is 60.8 Å². The van der Waals surface area contributed by atoms with Gasteiger partial charge in [0.1, 0.15) is 0 Å². The van der Waals surface area contributed by atoms with Gasteiger partial charge in [0.05, 0.1) is 23.4 Å². The number of benzene rings is 2. The molecule has 0 aliphatic heterocycles. The lowest BCUT2D eigenvalue weighted by molar-refractivity contribution is 0.0524. The number of carbonyl (C=O) groups is 1. The average Bonchev–Trinajstić information content (AvgIpc) is 3.14. The van der Waals surface area contributed by atoms with Gasteiger partial charge in [0, 0.05) is 11.8 Å². The first-order valence-electron chi connectivity index (χ1n) is 9.27. The standard InChI is InChI=1S/C23H22N2O2/c1-4-27-23(26)21-20(18-12-11-16-8-5-6-9-17(16)14-18)19-10-7-13-25(19)24-22(21)15(2)3/h5-15H,4H2,1-3H3. The molecule has 4 aromatic rings. The minimum atomic E-state index is -0.319. The minimum absolute atomic E-state index is 0.0930. The molecule has 2 heterocycles. The molecule has 0 fully saturated rings. The SMILES string of the molecule is CCOC(=O)c1c(C(C)C)nn2cccc2c1-c1ccc2ccccc2c1. The molecule has 0 N–H and O–H groups in total. The van der Waals surface area contributed by atoms with Crippen molar-refractivity contribution in [2.75, 3.05) is 6.61 Å². The van der Waals surface area contributed by atoms with Crippen LogP contribution in [0.5, 0.6) is 0 Å². The fourth-order valence-electron chi connectivity index (χ4n) is 3.53. The average molecular weight is 358 g/mol. The molecule has 0 atom stereocenters. The van der Waals surface area contributed by atoms with Gasteiger partial charge in [-0.2, -0.15) is 5.10 Å². The molecule has 2 aromatic carbocycles. The van der Waals surface area contributed by atoms with Gasteiger partial charge in [0.2, 0.25) is 0 Å². The minimum Gasteiger partial charge on any atom is -0.462 e. The monoisotopic (exact) mass is 358 g/mol. The topological polar surface area (TPSA) is 43.6 Å². The Labute approximate surface area is 158 Å². The van der Waals surface area contributed by atoms with E-state index in [0.717, 1.165) is 27.7 Å². The fourth-order valence-corrected chi connectivity index (χ4v) is 3.53. The lowest BCUT2D eigenvalue weighted by Crippen LogP contribution is -2.15. The van der Waals surface area contributed by atoms with Crippen LogP contribution in [0.4, 0.5) is 0 Å². The second kappa shape index (κ2) is 6.88. The maximum Gasteiger partial charge on any atom is 0.340 e. The van der Waals surface area contributed by atoms with Crippen LogP contribution in [0.3, 0.4) is 0 Å². The van der Waals surface area contributed by atoms with Crippen LogP contribution in [-0.2, 0) is 4.74 Å². The van der Waals surface area contributed by atoms with Crippen molar-refractivity contribution in [3.8, 4) is 11.1 Å². The number of ether oxygens (including phenoxy) is 1. The van der Waals surface area contributed by atoms with Crippen LogP contribution >= 0.6 is 0 Å². The number of hydrogen-bond donors (Lipinski definition) is 0. The quantitative estimate of drug-likeness (QED) is 0.455. The first-order chi connectivity index (χ1) is 13.1. The highest BCUT2D eigenvalue weighted by molar-refractivity contribution is 6.04. The van der Waals surface area contributed by atoms with Gasteiger partial charge in [0.15, 0.2) is 0 Å². The van der Waals surface area contributed by atoms with E-state index in [0.29, 0.717) is 12.2 Å². The van der Waals surface area contributed by atoms with Crippen molar-refractivity contribution in [1.82, 2.24) is 9.61 Å². The molecule has 0 aliphatic carbocycles. The zero-order valence-corrected chi connectivity index (χ0v) is 15.8. The van der Waals surface area contributed by atoms with E-state index in [-0.39, 0.29) is 11.9 Å². The van der Waals surface area contributed by atoms with E-state index in [2.05, 4.69) is 30.3 Å². The van der Waals surface area contributed by atoms with Gasteiger partial charge in [-0.1, -0.05) is 50.2 Å². The number of rotatable bonds is 4. The van der Waals surface area contributed by atoms with Gasteiger partial charge in [0.25, 0.3) is 0 Å². The molecule has 0 spiro atoms. The summed E-state index contributed by atoms with van der Waals surface area (Å²) in [7, 11) is 0. The number of fused-ring (bicyclic) bond motifs is 2. The summed E-state index contributed by atoms with van der Waals surface area (Å²) in [5.41, 5.74) is 4.08. The van der Waals surface area contributed by atoms with E-state index in [4.69, 9.17) is 9.84 Å². The van der Waals surface area contributed by atoms with Gasteiger partial charge >= 0.3 is 5.97 Å². The largest absolute Gasteiger partial charge is 0.462 e. The normalized spacial score (nSPS) is 11.4.